The molecular weight excluding hydrogens is 270 g/mol. The molecule has 1 fully saturated rings. The third-order valence-corrected chi connectivity index (χ3v) is 3.96. The van der Waals surface area contributed by atoms with Gasteiger partial charge < -0.3 is 4.90 Å². The van der Waals surface area contributed by atoms with Gasteiger partial charge in [0.1, 0.15) is 0 Å². The number of nitro groups is 1. The SMILES string of the molecule is CN(C)C1CCCN(CC(=O)c2cccc([N+](=O)[O-])c2)C1. The molecule has 114 valence electrons. The summed E-state index contributed by atoms with van der Waals surface area (Å²) >= 11 is 0. The first-order chi connectivity index (χ1) is 9.97. The Bertz CT molecular complexity index is 531. The Hall–Kier alpha value is -1.79. The number of nitro benzene ring substituents is 1. The summed E-state index contributed by atoms with van der Waals surface area (Å²) in [5, 5.41) is 10.8. The van der Waals surface area contributed by atoms with Gasteiger partial charge in [0.25, 0.3) is 5.69 Å². The van der Waals surface area contributed by atoms with E-state index in [1.54, 1.807) is 12.1 Å². The van der Waals surface area contributed by atoms with Crippen LogP contribution in [0.1, 0.15) is 23.2 Å². The minimum atomic E-state index is -0.472. The van der Waals surface area contributed by atoms with Gasteiger partial charge in [0.15, 0.2) is 5.78 Å². The minimum Gasteiger partial charge on any atom is -0.305 e. The molecule has 1 aliphatic heterocycles. The lowest BCUT2D eigenvalue weighted by Crippen LogP contribution is -2.46. The van der Waals surface area contributed by atoms with Gasteiger partial charge in [-0.15, -0.1) is 0 Å². The van der Waals surface area contributed by atoms with Crippen LogP contribution < -0.4 is 0 Å². The average Bonchev–Trinajstić information content (AvgIpc) is 2.47. The Morgan fingerprint density at radius 3 is 2.90 bits per heavy atom. The Balaban J connectivity index is 2.01. The molecular formula is C15H21N3O3. The third-order valence-electron chi connectivity index (χ3n) is 3.96. The number of likely N-dealkylation sites (N-methyl/N-ethyl adjacent to an activating group) is 1. The summed E-state index contributed by atoms with van der Waals surface area (Å²) in [5.74, 6) is -0.0573. The number of rotatable bonds is 5. The summed E-state index contributed by atoms with van der Waals surface area (Å²) < 4.78 is 0. The van der Waals surface area contributed by atoms with E-state index in [1.165, 1.54) is 12.1 Å². The summed E-state index contributed by atoms with van der Waals surface area (Å²) in [5.41, 5.74) is 0.377. The second-order valence-corrected chi connectivity index (χ2v) is 5.73. The van der Waals surface area contributed by atoms with E-state index in [9.17, 15) is 14.9 Å². The second-order valence-electron chi connectivity index (χ2n) is 5.73. The van der Waals surface area contributed by atoms with Crippen LogP contribution in [-0.4, -0.2) is 60.3 Å². The normalized spacial score (nSPS) is 19.7. The molecule has 1 heterocycles. The summed E-state index contributed by atoms with van der Waals surface area (Å²) in [6.07, 6.45) is 2.22. The number of ketones is 1. The van der Waals surface area contributed by atoms with Crippen molar-refractivity contribution in [3.63, 3.8) is 0 Å². The number of Topliss-reactive ketones (excluding diaryl/α,β-unsaturated/α-hetero) is 1. The molecule has 0 aliphatic carbocycles. The molecule has 1 unspecified atom stereocenters. The van der Waals surface area contributed by atoms with Crippen molar-refractivity contribution in [2.24, 2.45) is 0 Å². The van der Waals surface area contributed by atoms with Crippen LogP contribution in [0.2, 0.25) is 0 Å². The fourth-order valence-corrected chi connectivity index (χ4v) is 2.68. The number of nitrogens with zero attached hydrogens (tertiary/aromatic N) is 3. The lowest BCUT2D eigenvalue weighted by Gasteiger charge is -2.35. The van der Waals surface area contributed by atoms with Crippen LogP contribution in [0, 0.1) is 10.1 Å². The summed E-state index contributed by atoms with van der Waals surface area (Å²) in [7, 11) is 4.10. The monoisotopic (exact) mass is 291 g/mol. The molecule has 2 rings (SSSR count). The maximum atomic E-state index is 12.3. The number of carbonyl (C=O) groups excluding carboxylic acids is 1. The quantitative estimate of drug-likeness (QED) is 0.470. The van der Waals surface area contributed by atoms with Crippen LogP contribution in [-0.2, 0) is 0 Å². The van der Waals surface area contributed by atoms with Crippen LogP contribution in [0.3, 0.4) is 0 Å². The van der Waals surface area contributed by atoms with Crippen molar-refractivity contribution in [2.45, 2.75) is 18.9 Å². The molecule has 1 saturated heterocycles. The minimum absolute atomic E-state index is 0.0364. The van der Waals surface area contributed by atoms with Crippen molar-refractivity contribution in [1.82, 2.24) is 9.80 Å². The van der Waals surface area contributed by atoms with E-state index >= 15 is 0 Å². The average molecular weight is 291 g/mol. The van der Waals surface area contributed by atoms with Gasteiger partial charge in [-0.25, -0.2) is 0 Å². The van der Waals surface area contributed by atoms with Gasteiger partial charge in [-0.1, -0.05) is 12.1 Å². The van der Waals surface area contributed by atoms with E-state index in [1.807, 2.05) is 0 Å². The molecule has 1 aromatic carbocycles. The lowest BCUT2D eigenvalue weighted by molar-refractivity contribution is -0.384. The topological polar surface area (TPSA) is 66.7 Å². The van der Waals surface area contributed by atoms with E-state index in [0.717, 1.165) is 25.9 Å². The predicted molar refractivity (Wildman–Crippen MR) is 80.6 cm³/mol. The lowest BCUT2D eigenvalue weighted by atomic mass is 10.0. The van der Waals surface area contributed by atoms with Gasteiger partial charge in [-0.3, -0.25) is 19.8 Å². The van der Waals surface area contributed by atoms with Crippen LogP contribution in [0.4, 0.5) is 5.69 Å². The van der Waals surface area contributed by atoms with Crippen LogP contribution in [0.15, 0.2) is 24.3 Å². The summed E-state index contributed by atoms with van der Waals surface area (Å²) in [6.45, 7) is 2.10. The fraction of sp³-hybridized carbons (Fsp3) is 0.533. The number of carbonyl (C=O) groups is 1. The number of hydrogen-bond donors (Lipinski definition) is 0. The molecule has 0 amide bonds. The van der Waals surface area contributed by atoms with Crippen molar-refractivity contribution in [3.05, 3.63) is 39.9 Å². The predicted octanol–water partition coefficient (Wildman–Crippen LogP) is 1.80. The fourth-order valence-electron chi connectivity index (χ4n) is 2.68. The zero-order chi connectivity index (χ0) is 15.4. The van der Waals surface area contributed by atoms with E-state index in [4.69, 9.17) is 0 Å². The number of benzene rings is 1. The smallest absolute Gasteiger partial charge is 0.270 e. The summed E-state index contributed by atoms with van der Waals surface area (Å²) in [4.78, 5) is 26.9. The first-order valence-corrected chi connectivity index (χ1v) is 7.14. The van der Waals surface area contributed by atoms with Crippen molar-refractivity contribution in [3.8, 4) is 0 Å². The Morgan fingerprint density at radius 2 is 2.24 bits per heavy atom. The first-order valence-electron chi connectivity index (χ1n) is 7.14. The van der Waals surface area contributed by atoms with Gasteiger partial charge in [0.2, 0.25) is 0 Å². The van der Waals surface area contributed by atoms with Crippen LogP contribution in [0.25, 0.3) is 0 Å². The van der Waals surface area contributed by atoms with Gasteiger partial charge >= 0.3 is 0 Å². The van der Waals surface area contributed by atoms with Crippen LogP contribution >= 0.6 is 0 Å². The number of non-ortho nitro benzene ring substituents is 1. The van der Waals surface area contributed by atoms with Crippen LogP contribution in [0.5, 0.6) is 0 Å². The maximum absolute atomic E-state index is 12.3. The molecule has 6 heteroatoms. The maximum Gasteiger partial charge on any atom is 0.270 e. The number of hydrogen-bond acceptors (Lipinski definition) is 5. The Kier molecular flexibility index (Phi) is 5.03. The zero-order valence-corrected chi connectivity index (χ0v) is 12.5. The first kappa shape index (κ1) is 15.6. The molecule has 0 spiro atoms. The van der Waals surface area contributed by atoms with Gasteiger partial charge in [0, 0.05) is 30.3 Å². The molecule has 1 atom stereocenters. The Labute approximate surface area is 124 Å². The molecule has 21 heavy (non-hydrogen) atoms. The van der Waals surface area contributed by atoms with Crippen molar-refractivity contribution in [2.75, 3.05) is 33.7 Å². The standard InChI is InChI=1S/C15H21N3O3/c1-16(2)14-7-4-8-17(10-14)11-15(19)12-5-3-6-13(9-12)18(20)21/h3,5-6,9,14H,4,7-8,10-11H2,1-2H3. The molecule has 0 bridgehead atoms. The second kappa shape index (κ2) is 6.78. The van der Waals surface area contributed by atoms with Crippen molar-refractivity contribution < 1.29 is 9.72 Å². The highest BCUT2D eigenvalue weighted by atomic mass is 16.6. The van der Waals surface area contributed by atoms with E-state index < -0.39 is 4.92 Å². The van der Waals surface area contributed by atoms with Gasteiger partial charge in [-0.2, -0.15) is 0 Å². The molecule has 0 aromatic heterocycles. The van der Waals surface area contributed by atoms with E-state index in [2.05, 4.69) is 23.9 Å². The van der Waals surface area contributed by atoms with Crippen molar-refractivity contribution >= 4 is 11.5 Å². The molecule has 1 aliphatic rings. The molecule has 0 radical (unpaired) electrons. The molecule has 1 aromatic rings. The van der Waals surface area contributed by atoms with Gasteiger partial charge in [0.05, 0.1) is 11.5 Å². The largest absolute Gasteiger partial charge is 0.305 e. The number of likely N-dealkylation sites (tertiary alicyclic amines) is 1. The van der Waals surface area contributed by atoms with E-state index in [0.29, 0.717) is 18.2 Å². The van der Waals surface area contributed by atoms with Crippen molar-refractivity contribution in [1.29, 1.82) is 0 Å². The highest BCUT2D eigenvalue weighted by Gasteiger charge is 2.23. The summed E-state index contributed by atoms with van der Waals surface area (Å²) in [6, 6.07) is 6.43. The van der Waals surface area contributed by atoms with E-state index in [-0.39, 0.29) is 11.5 Å². The number of piperidine rings is 1. The Morgan fingerprint density at radius 1 is 1.48 bits per heavy atom. The highest BCUT2D eigenvalue weighted by Crippen LogP contribution is 2.16. The molecule has 0 saturated carbocycles. The zero-order valence-electron chi connectivity index (χ0n) is 12.5. The third kappa shape index (κ3) is 4.09. The van der Waals surface area contributed by atoms with Gasteiger partial charge in [-0.05, 0) is 33.5 Å². The molecule has 0 N–H and O–H groups in total. The highest BCUT2D eigenvalue weighted by molar-refractivity contribution is 5.98. The molecule has 6 nitrogen and oxygen atoms in total.